The lowest BCUT2D eigenvalue weighted by Crippen LogP contribution is -2.28. The molecule has 2 aromatic carbocycles. The highest BCUT2D eigenvalue weighted by molar-refractivity contribution is 5.91. The third-order valence-corrected chi connectivity index (χ3v) is 7.88. The average Bonchev–Trinajstić information content (AvgIpc) is 3.08. The van der Waals surface area contributed by atoms with Gasteiger partial charge in [-0.25, -0.2) is 19.2 Å². The Kier molecular flexibility index (Phi) is 15.9. The Bertz CT molecular complexity index is 1330. The van der Waals surface area contributed by atoms with E-state index in [0.717, 1.165) is 94.3 Å². The highest BCUT2D eigenvalue weighted by Gasteiger charge is 2.25. The van der Waals surface area contributed by atoms with Crippen molar-refractivity contribution in [2.45, 2.75) is 96.1 Å². The lowest BCUT2D eigenvalue weighted by molar-refractivity contribution is -0.132. The van der Waals surface area contributed by atoms with Gasteiger partial charge in [-0.1, -0.05) is 31.2 Å². The summed E-state index contributed by atoms with van der Waals surface area (Å²) in [5.74, 6) is -2.67. The molecular formula is C37H46O10. The van der Waals surface area contributed by atoms with Gasteiger partial charge < -0.3 is 29.2 Å². The molecule has 0 saturated heterocycles. The van der Waals surface area contributed by atoms with E-state index in [4.69, 9.17) is 29.2 Å². The van der Waals surface area contributed by atoms with E-state index in [-0.39, 0.29) is 30.3 Å². The van der Waals surface area contributed by atoms with E-state index in [1.807, 2.05) is 6.92 Å². The summed E-state index contributed by atoms with van der Waals surface area (Å²) >= 11 is 0. The van der Waals surface area contributed by atoms with Crippen molar-refractivity contribution in [2.75, 3.05) is 13.2 Å². The number of benzene rings is 2. The molecule has 254 valence electrons. The van der Waals surface area contributed by atoms with Crippen molar-refractivity contribution in [1.82, 2.24) is 0 Å². The molecule has 47 heavy (non-hydrogen) atoms. The van der Waals surface area contributed by atoms with Gasteiger partial charge in [0.2, 0.25) is 0 Å². The monoisotopic (exact) mass is 650 g/mol. The summed E-state index contributed by atoms with van der Waals surface area (Å²) < 4.78 is 22.4. The molecule has 2 saturated carbocycles. The first-order valence-electron chi connectivity index (χ1n) is 16.3. The van der Waals surface area contributed by atoms with Crippen molar-refractivity contribution < 1.29 is 48.3 Å². The van der Waals surface area contributed by atoms with Gasteiger partial charge in [-0.15, -0.1) is 0 Å². The van der Waals surface area contributed by atoms with Crippen molar-refractivity contribution in [1.29, 1.82) is 0 Å². The van der Waals surface area contributed by atoms with E-state index < -0.39 is 11.9 Å². The summed E-state index contributed by atoms with van der Waals surface area (Å²) in [6.07, 6.45) is 13.6. The molecular weight excluding hydrogens is 604 g/mol. The lowest BCUT2D eigenvalue weighted by Gasteiger charge is -2.28. The highest BCUT2D eigenvalue weighted by Crippen LogP contribution is 2.25. The SMILES string of the molecule is CCCOC1CCC(OC(=O)c2ccc(/C=C/C(=O)O)cc2)CC1.CCOC1CCC(OC(=O)c2ccc(/C=C/C(=O)O)cc2)CC1. The van der Waals surface area contributed by atoms with E-state index >= 15 is 0 Å². The van der Waals surface area contributed by atoms with Crippen LogP contribution in [0.3, 0.4) is 0 Å². The number of esters is 2. The maximum Gasteiger partial charge on any atom is 0.338 e. The van der Waals surface area contributed by atoms with Gasteiger partial charge in [0.1, 0.15) is 12.2 Å². The Morgan fingerprint density at radius 3 is 1.30 bits per heavy atom. The Morgan fingerprint density at radius 2 is 0.957 bits per heavy atom. The van der Waals surface area contributed by atoms with Crippen molar-refractivity contribution >= 4 is 36.0 Å². The standard InChI is InChI=1S/C19H24O5.C18H22O5/c1-2-13-23-16-8-10-17(11-9-16)24-19(22)15-6-3-14(4-7-15)5-12-18(20)21;1-2-22-15-8-10-16(11-9-15)23-18(21)14-6-3-13(4-7-14)5-12-17(19)20/h3-7,12,16-17H,2,8-11,13H2,1H3,(H,20,21);3-7,12,15-16H,2,8-11H2,1H3,(H,19,20)/b2*12-5+. The number of carboxylic acid groups (broad SMARTS) is 2. The molecule has 4 rings (SSSR count). The molecule has 0 aromatic heterocycles. The molecule has 2 N–H and O–H groups in total. The minimum Gasteiger partial charge on any atom is -0.478 e. The number of aliphatic carboxylic acids is 2. The molecule has 0 unspecified atom stereocenters. The maximum atomic E-state index is 12.2. The van der Waals surface area contributed by atoms with E-state index in [9.17, 15) is 19.2 Å². The third kappa shape index (κ3) is 13.9. The van der Waals surface area contributed by atoms with Crippen molar-refractivity contribution in [3.63, 3.8) is 0 Å². The van der Waals surface area contributed by atoms with Crippen LogP contribution in [0.1, 0.15) is 103 Å². The second-order valence-electron chi connectivity index (χ2n) is 11.5. The normalized spacial score (nSPS) is 21.1. The fourth-order valence-electron chi connectivity index (χ4n) is 5.39. The van der Waals surface area contributed by atoms with Gasteiger partial charge in [-0.05, 0) is 112 Å². The Labute approximate surface area is 276 Å². The van der Waals surface area contributed by atoms with Crippen LogP contribution in [0.2, 0.25) is 0 Å². The second-order valence-corrected chi connectivity index (χ2v) is 11.5. The number of ether oxygens (including phenoxy) is 4. The van der Waals surface area contributed by atoms with Gasteiger partial charge in [0.15, 0.2) is 0 Å². The first-order valence-corrected chi connectivity index (χ1v) is 16.3. The van der Waals surface area contributed by atoms with Crippen LogP contribution in [0.25, 0.3) is 12.2 Å². The van der Waals surface area contributed by atoms with Crippen LogP contribution in [-0.2, 0) is 28.5 Å². The minimum atomic E-state index is -1.00. The van der Waals surface area contributed by atoms with Gasteiger partial charge in [-0.3, -0.25) is 0 Å². The first-order chi connectivity index (χ1) is 22.7. The van der Waals surface area contributed by atoms with Crippen LogP contribution < -0.4 is 0 Å². The molecule has 0 spiro atoms. The van der Waals surface area contributed by atoms with Crippen LogP contribution in [0.5, 0.6) is 0 Å². The molecule has 10 nitrogen and oxygen atoms in total. The summed E-state index contributed by atoms with van der Waals surface area (Å²) in [4.78, 5) is 45.3. The summed E-state index contributed by atoms with van der Waals surface area (Å²) in [6, 6.07) is 13.4. The van der Waals surface area contributed by atoms with Gasteiger partial charge in [0.25, 0.3) is 0 Å². The molecule has 10 heteroatoms. The molecule has 0 bridgehead atoms. The molecule has 2 aliphatic rings. The predicted octanol–water partition coefficient (Wildman–Crippen LogP) is 6.97. The van der Waals surface area contributed by atoms with Crippen LogP contribution in [0.15, 0.2) is 60.7 Å². The van der Waals surface area contributed by atoms with Crippen molar-refractivity contribution in [3.05, 3.63) is 82.9 Å². The number of hydrogen-bond donors (Lipinski definition) is 2. The van der Waals surface area contributed by atoms with Crippen LogP contribution in [0, 0.1) is 0 Å². The second kappa shape index (κ2) is 20.1. The fraction of sp³-hybridized carbons (Fsp3) is 0.459. The quantitative estimate of drug-likeness (QED) is 0.172. The largest absolute Gasteiger partial charge is 0.478 e. The van der Waals surface area contributed by atoms with Gasteiger partial charge in [0.05, 0.1) is 23.3 Å². The zero-order chi connectivity index (χ0) is 34.0. The third-order valence-electron chi connectivity index (χ3n) is 7.88. The summed E-state index contributed by atoms with van der Waals surface area (Å²) in [7, 11) is 0. The van der Waals surface area contributed by atoms with E-state index in [1.165, 1.54) is 12.2 Å². The Hall–Kier alpha value is -4.28. The first kappa shape index (κ1) is 37.2. The molecule has 2 aromatic rings. The Balaban J connectivity index is 0.000000256. The molecule has 0 aliphatic heterocycles. The average molecular weight is 651 g/mol. The summed E-state index contributed by atoms with van der Waals surface area (Å²) in [5.41, 5.74) is 2.40. The maximum absolute atomic E-state index is 12.2. The summed E-state index contributed by atoms with van der Waals surface area (Å²) in [5, 5.41) is 17.2. The van der Waals surface area contributed by atoms with Gasteiger partial charge in [0, 0.05) is 25.4 Å². The number of carboxylic acids is 2. The molecule has 2 fully saturated rings. The van der Waals surface area contributed by atoms with Gasteiger partial charge >= 0.3 is 23.9 Å². The van der Waals surface area contributed by atoms with E-state index in [2.05, 4.69) is 6.92 Å². The minimum absolute atomic E-state index is 0.0502. The lowest BCUT2D eigenvalue weighted by atomic mass is 9.95. The topological polar surface area (TPSA) is 146 Å². The van der Waals surface area contributed by atoms with Crippen LogP contribution in [0.4, 0.5) is 0 Å². The van der Waals surface area contributed by atoms with E-state index in [0.29, 0.717) is 17.2 Å². The van der Waals surface area contributed by atoms with E-state index in [1.54, 1.807) is 48.5 Å². The zero-order valence-electron chi connectivity index (χ0n) is 27.2. The van der Waals surface area contributed by atoms with Crippen LogP contribution in [-0.4, -0.2) is 71.7 Å². The smallest absolute Gasteiger partial charge is 0.338 e. The zero-order valence-corrected chi connectivity index (χ0v) is 27.2. The van der Waals surface area contributed by atoms with Crippen LogP contribution >= 0.6 is 0 Å². The summed E-state index contributed by atoms with van der Waals surface area (Å²) in [6.45, 7) is 5.59. The van der Waals surface area contributed by atoms with Gasteiger partial charge in [-0.2, -0.15) is 0 Å². The molecule has 2 aliphatic carbocycles. The molecule has 0 radical (unpaired) electrons. The highest BCUT2D eigenvalue weighted by atomic mass is 16.5. The fourth-order valence-corrected chi connectivity index (χ4v) is 5.39. The van der Waals surface area contributed by atoms with Crippen molar-refractivity contribution in [2.24, 2.45) is 0 Å². The Morgan fingerprint density at radius 1 is 0.596 bits per heavy atom. The number of hydrogen-bond acceptors (Lipinski definition) is 8. The number of rotatable bonds is 13. The predicted molar refractivity (Wildman–Crippen MR) is 177 cm³/mol. The molecule has 0 heterocycles. The molecule has 0 amide bonds. The van der Waals surface area contributed by atoms with Crippen molar-refractivity contribution in [3.8, 4) is 0 Å². The number of carbonyl (C=O) groups excluding carboxylic acids is 2. The number of carbonyl (C=O) groups is 4. The molecule has 0 atom stereocenters.